The molecule has 2 aromatic rings. The van der Waals surface area contributed by atoms with E-state index < -0.39 is 3.79 Å². The molecule has 1 aromatic heterocycles. The van der Waals surface area contributed by atoms with E-state index in [-0.39, 0.29) is 23.9 Å². The topological polar surface area (TPSA) is 42.4 Å². The lowest BCUT2D eigenvalue weighted by Crippen LogP contribution is -2.09. The van der Waals surface area contributed by atoms with Crippen molar-refractivity contribution in [3.8, 4) is 5.75 Å². The van der Waals surface area contributed by atoms with Gasteiger partial charge in [0.05, 0.1) is 12.1 Å². The van der Waals surface area contributed by atoms with E-state index in [0.29, 0.717) is 16.7 Å². The number of aliphatic hydroxyl groups is 1. The van der Waals surface area contributed by atoms with E-state index in [1.165, 1.54) is 0 Å². The summed E-state index contributed by atoms with van der Waals surface area (Å²) in [7, 11) is 0. The highest BCUT2D eigenvalue weighted by atomic mass is 35.6. The molecule has 0 aliphatic heterocycles. The van der Waals surface area contributed by atoms with Gasteiger partial charge in [-0.25, -0.2) is 4.98 Å². The predicted octanol–water partition coefficient (Wildman–Crippen LogP) is 4.09. The van der Waals surface area contributed by atoms with Crippen LogP contribution in [-0.4, -0.2) is 23.3 Å². The number of ether oxygens (including phenoxy) is 1. The molecule has 0 amide bonds. The Balaban J connectivity index is 2.70. The van der Waals surface area contributed by atoms with E-state index in [1.807, 2.05) is 6.07 Å². The molecular formula is C12H9Cl4NO2. The van der Waals surface area contributed by atoms with E-state index in [1.54, 1.807) is 18.2 Å². The lowest BCUT2D eigenvalue weighted by molar-refractivity contribution is 0.202. The fraction of sp³-hybridized carbons (Fsp3) is 0.250. The number of alkyl halides is 3. The highest BCUT2D eigenvalue weighted by molar-refractivity contribution is 6.67. The highest BCUT2D eigenvalue weighted by Crippen LogP contribution is 2.45. The molecule has 0 radical (unpaired) electrons. The highest BCUT2D eigenvalue weighted by Gasteiger charge is 2.30. The van der Waals surface area contributed by atoms with Gasteiger partial charge in [0.15, 0.2) is 0 Å². The second kappa shape index (κ2) is 5.90. The van der Waals surface area contributed by atoms with Crippen LogP contribution < -0.4 is 4.74 Å². The van der Waals surface area contributed by atoms with Crippen molar-refractivity contribution >= 4 is 57.3 Å². The third-order valence-corrected chi connectivity index (χ3v) is 3.28. The minimum atomic E-state index is -1.75. The van der Waals surface area contributed by atoms with Gasteiger partial charge in [0.1, 0.15) is 23.1 Å². The number of benzene rings is 1. The summed E-state index contributed by atoms with van der Waals surface area (Å²) < 4.78 is 3.69. The van der Waals surface area contributed by atoms with Crippen LogP contribution in [0.1, 0.15) is 5.69 Å². The van der Waals surface area contributed by atoms with Gasteiger partial charge in [-0.05, 0) is 12.1 Å². The van der Waals surface area contributed by atoms with Crippen LogP contribution in [0.2, 0.25) is 5.02 Å². The van der Waals surface area contributed by atoms with Crippen molar-refractivity contribution in [1.82, 2.24) is 4.98 Å². The van der Waals surface area contributed by atoms with Crippen LogP contribution in [0.5, 0.6) is 5.75 Å². The fourth-order valence-corrected chi connectivity index (χ4v) is 2.53. The molecule has 0 aliphatic rings. The first-order chi connectivity index (χ1) is 8.95. The Morgan fingerprint density at radius 2 is 1.89 bits per heavy atom. The van der Waals surface area contributed by atoms with Crippen molar-refractivity contribution in [3.05, 3.63) is 35.0 Å². The number of para-hydroxylation sites is 1. The van der Waals surface area contributed by atoms with Crippen LogP contribution >= 0.6 is 46.4 Å². The molecule has 3 nitrogen and oxygen atoms in total. The summed E-state index contributed by atoms with van der Waals surface area (Å²) in [6.45, 7) is -0.0525. The fourth-order valence-electron chi connectivity index (χ4n) is 1.64. The number of hydrogen-bond donors (Lipinski definition) is 1. The molecule has 1 heterocycles. The summed E-state index contributed by atoms with van der Waals surface area (Å²) in [5.74, 6) is 0.350. The summed E-state index contributed by atoms with van der Waals surface area (Å²) in [5.41, 5.74) is 0.701. The monoisotopic (exact) mass is 339 g/mol. The zero-order valence-electron chi connectivity index (χ0n) is 9.54. The molecule has 1 N–H and O–H groups in total. The SMILES string of the molecule is OCCOc1c(Cl)c(C(Cl)(Cl)Cl)nc2ccccc12. The molecule has 1 aromatic carbocycles. The van der Waals surface area contributed by atoms with Crippen LogP contribution in [-0.2, 0) is 3.79 Å². The summed E-state index contributed by atoms with van der Waals surface area (Å²) >= 11 is 23.7. The number of rotatable bonds is 3. The second-order valence-electron chi connectivity index (χ2n) is 3.69. The average molecular weight is 341 g/mol. The Hall–Kier alpha value is -0.450. The molecule has 7 heteroatoms. The van der Waals surface area contributed by atoms with Crippen LogP contribution in [0.4, 0.5) is 0 Å². The van der Waals surface area contributed by atoms with Crippen LogP contribution in [0, 0.1) is 0 Å². The number of hydrogen-bond acceptors (Lipinski definition) is 3. The molecule has 2 rings (SSSR count). The number of pyridine rings is 1. The van der Waals surface area contributed by atoms with E-state index in [2.05, 4.69) is 4.98 Å². The first-order valence-corrected chi connectivity index (χ1v) is 6.85. The largest absolute Gasteiger partial charge is 0.489 e. The minimum Gasteiger partial charge on any atom is -0.489 e. The van der Waals surface area contributed by atoms with Gasteiger partial charge in [-0.15, -0.1) is 0 Å². The Morgan fingerprint density at radius 1 is 1.21 bits per heavy atom. The number of fused-ring (bicyclic) bond motifs is 1. The number of aliphatic hydroxyl groups excluding tert-OH is 1. The first-order valence-electron chi connectivity index (χ1n) is 5.34. The standard InChI is InChI=1S/C12H9Cl4NO2/c13-9-10(19-6-5-18)7-3-1-2-4-8(7)17-11(9)12(14,15)16/h1-4,18H,5-6H2. The summed E-state index contributed by atoms with van der Waals surface area (Å²) in [5, 5.41) is 9.68. The van der Waals surface area contributed by atoms with Crippen LogP contribution in [0.25, 0.3) is 10.9 Å². The molecule has 0 unspecified atom stereocenters. The van der Waals surface area contributed by atoms with E-state index >= 15 is 0 Å². The van der Waals surface area contributed by atoms with Gasteiger partial charge < -0.3 is 9.84 Å². The third kappa shape index (κ3) is 3.18. The average Bonchev–Trinajstić information content (AvgIpc) is 2.36. The zero-order chi connectivity index (χ0) is 14.0. The van der Waals surface area contributed by atoms with Crippen LogP contribution in [0.3, 0.4) is 0 Å². The number of aromatic nitrogens is 1. The molecule has 0 saturated carbocycles. The van der Waals surface area contributed by atoms with E-state index in [9.17, 15) is 0 Å². The Labute approximate surface area is 130 Å². The molecule has 0 saturated heterocycles. The van der Waals surface area contributed by atoms with Crippen molar-refractivity contribution in [1.29, 1.82) is 0 Å². The Morgan fingerprint density at radius 3 is 2.53 bits per heavy atom. The quantitative estimate of drug-likeness (QED) is 0.856. The van der Waals surface area contributed by atoms with Crippen molar-refractivity contribution in [3.63, 3.8) is 0 Å². The maximum atomic E-state index is 8.86. The van der Waals surface area contributed by atoms with E-state index in [0.717, 1.165) is 0 Å². The maximum Gasteiger partial charge on any atom is 0.234 e. The Bertz CT molecular complexity index is 598. The van der Waals surface area contributed by atoms with Gasteiger partial charge in [0.25, 0.3) is 0 Å². The number of halogens is 4. The van der Waals surface area contributed by atoms with Gasteiger partial charge in [-0.3, -0.25) is 0 Å². The maximum absolute atomic E-state index is 8.86. The lowest BCUT2D eigenvalue weighted by atomic mass is 10.2. The lowest BCUT2D eigenvalue weighted by Gasteiger charge is -2.17. The molecule has 0 fully saturated rings. The second-order valence-corrected chi connectivity index (χ2v) is 6.35. The molecule has 19 heavy (non-hydrogen) atoms. The normalized spacial score (nSPS) is 11.8. The molecule has 0 atom stereocenters. The van der Waals surface area contributed by atoms with Gasteiger partial charge in [0.2, 0.25) is 3.79 Å². The van der Waals surface area contributed by atoms with Gasteiger partial charge in [-0.2, -0.15) is 0 Å². The molecule has 0 spiro atoms. The summed E-state index contributed by atoms with van der Waals surface area (Å²) in [6.07, 6.45) is 0. The van der Waals surface area contributed by atoms with Gasteiger partial charge >= 0.3 is 0 Å². The Kier molecular flexibility index (Phi) is 4.64. The molecule has 102 valence electrons. The van der Waals surface area contributed by atoms with Gasteiger partial charge in [0, 0.05) is 5.39 Å². The minimum absolute atomic E-state index is 0.0903. The first kappa shape index (κ1) is 14.9. The molecular weight excluding hydrogens is 332 g/mol. The third-order valence-electron chi connectivity index (χ3n) is 2.39. The summed E-state index contributed by atoms with van der Waals surface area (Å²) in [6, 6.07) is 7.18. The number of nitrogens with zero attached hydrogens (tertiary/aromatic N) is 1. The van der Waals surface area contributed by atoms with Crippen molar-refractivity contribution < 1.29 is 9.84 Å². The summed E-state index contributed by atoms with van der Waals surface area (Å²) in [4.78, 5) is 4.24. The van der Waals surface area contributed by atoms with Crippen molar-refractivity contribution in [2.75, 3.05) is 13.2 Å². The molecule has 0 aliphatic carbocycles. The van der Waals surface area contributed by atoms with Crippen molar-refractivity contribution in [2.24, 2.45) is 0 Å². The van der Waals surface area contributed by atoms with Crippen LogP contribution in [0.15, 0.2) is 24.3 Å². The molecule has 0 bridgehead atoms. The van der Waals surface area contributed by atoms with Crippen molar-refractivity contribution in [2.45, 2.75) is 3.79 Å². The zero-order valence-corrected chi connectivity index (χ0v) is 12.6. The van der Waals surface area contributed by atoms with E-state index in [4.69, 9.17) is 56.2 Å². The smallest absolute Gasteiger partial charge is 0.234 e. The predicted molar refractivity (Wildman–Crippen MR) is 78.6 cm³/mol. The van der Waals surface area contributed by atoms with Gasteiger partial charge in [-0.1, -0.05) is 58.5 Å².